The average molecular weight is 302 g/mol. The van der Waals surface area contributed by atoms with Crippen molar-refractivity contribution in [2.24, 2.45) is 0 Å². The highest BCUT2D eigenvalue weighted by atomic mass is 19.1. The normalized spacial score (nSPS) is 15.2. The van der Waals surface area contributed by atoms with Gasteiger partial charge in [-0.25, -0.2) is 4.39 Å². The Bertz CT molecular complexity index is 683. The number of hydrogen-bond acceptors (Lipinski definition) is 3. The second-order valence-electron chi connectivity index (χ2n) is 5.63. The Kier molecular flexibility index (Phi) is 4.20. The average Bonchev–Trinajstić information content (AvgIpc) is 2.93. The van der Waals surface area contributed by atoms with E-state index in [-0.39, 0.29) is 17.8 Å². The standard InChI is InChI=1S/C16H19FN4O/c1-10(8-11-4-2-3-5-13(11)17)19-16(22)15-12-9-18-7-6-14(12)20-21-15/h2-5,10,18H,6-9H2,1H3,(H,19,22)(H,20,21). The number of amides is 1. The molecule has 2 aromatic rings. The fourth-order valence-electron chi connectivity index (χ4n) is 2.75. The number of nitrogens with one attached hydrogen (secondary N) is 3. The summed E-state index contributed by atoms with van der Waals surface area (Å²) < 4.78 is 13.6. The molecule has 6 heteroatoms. The summed E-state index contributed by atoms with van der Waals surface area (Å²) in [5, 5.41) is 13.2. The van der Waals surface area contributed by atoms with E-state index in [1.165, 1.54) is 6.07 Å². The zero-order valence-corrected chi connectivity index (χ0v) is 12.4. The molecule has 1 atom stereocenters. The number of fused-ring (bicyclic) bond motifs is 1. The van der Waals surface area contributed by atoms with E-state index in [0.29, 0.717) is 24.2 Å². The van der Waals surface area contributed by atoms with Crippen molar-refractivity contribution in [1.29, 1.82) is 0 Å². The number of benzene rings is 1. The number of carbonyl (C=O) groups excluding carboxylic acids is 1. The van der Waals surface area contributed by atoms with Crippen LogP contribution in [0.25, 0.3) is 0 Å². The lowest BCUT2D eigenvalue weighted by Crippen LogP contribution is -2.35. The lowest BCUT2D eigenvalue weighted by atomic mass is 10.0. The largest absolute Gasteiger partial charge is 0.348 e. The minimum Gasteiger partial charge on any atom is -0.348 e. The highest BCUT2D eigenvalue weighted by Gasteiger charge is 2.22. The van der Waals surface area contributed by atoms with E-state index in [0.717, 1.165) is 24.2 Å². The minimum atomic E-state index is -0.245. The van der Waals surface area contributed by atoms with Gasteiger partial charge in [-0.2, -0.15) is 5.10 Å². The van der Waals surface area contributed by atoms with Gasteiger partial charge in [0.1, 0.15) is 5.82 Å². The van der Waals surface area contributed by atoms with Crippen LogP contribution in [0.3, 0.4) is 0 Å². The molecular formula is C16H19FN4O. The zero-order chi connectivity index (χ0) is 15.5. The molecule has 0 fully saturated rings. The molecule has 1 aromatic heterocycles. The zero-order valence-electron chi connectivity index (χ0n) is 12.4. The SMILES string of the molecule is CC(Cc1ccccc1F)NC(=O)c1n[nH]c2c1CNCC2. The number of H-pyrrole nitrogens is 1. The van der Waals surface area contributed by atoms with Crippen molar-refractivity contribution < 1.29 is 9.18 Å². The number of nitrogens with zero attached hydrogens (tertiary/aromatic N) is 1. The predicted molar refractivity (Wildman–Crippen MR) is 81.0 cm³/mol. The number of carbonyl (C=O) groups is 1. The first kappa shape index (κ1) is 14.7. The van der Waals surface area contributed by atoms with Crippen LogP contribution >= 0.6 is 0 Å². The van der Waals surface area contributed by atoms with E-state index in [2.05, 4.69) is 20.8 Å². The van der Waals surface area contributed by atoms with Crippen LogP contribution in [0, 0.1) is 5.82 Å². The smallest absolute Gasteiger partial charge is 0.272 e. The molecule has 1 aliphatic heterocycles. The molecule has 2 heterocycles. The Morgan fingerprint density at radius 3 is 3.09 bits per heavy atom. The summed E-state index contributed by atoms with van der Waals surface area (Å²) in [7, 11) is 0. The van der Waals surface area contributed by atoms with Gasteiger partial charge in [0, 0.05) is 36.8 Å². The number of halogens is 1. The van der Waals surface area contributed by atoms with E-state index in [4.69, 9.17) is 0 Å². The van der Waals surface area contributed by atoms with Crippen LogP contribution in [-0.4, -0.2) is 28.7 Å². The van der Waals surface area contributed by atoms with Crippen molar-refractivity contribution in [2.75, 3.05) is 6.54 Å². The number of hydrogen-bond donors (Lipinski definition) is 3. The maximum atomic E-state index is 13.6. The van der Waals surface area contributed by atoms with Gasteiger partial charge in [-0.1, -0.05) is 18.2 Å². The third-order valence-electron chi connectivity index (χ3n) is 3.88. The summed E-state index contributed by atoms with van der Waals surface area (Å²) in [6.07, 6.45) is 1.30. The third-order valence-corrected chi connectivity index (χ3v) is 3.88. The first-order valence-electron chi connectivity index (χ1n) is 7.46. The summed E-state index contributed by atoms with van der Waals surface area (Å²) in [5.41, 5.74) is 2.98. The van der Waals surface area contributed by atoms with Crippen LogP contribution in [0.2, 0.25) is 0 Å². The molecule has 116 valence electrons. The monoisotopic (exact) mass is 302 g/mol. The molecule has 3 N–H and O–H groups in total. The molecule has 3 rings (SSSR count). The molecule has 0 spiro atoms. The topological polar surface area (TPSA) is 69.8 Å². The lowest BCUT2D eigenvalue weighted by molar-refractivity contribution is 0.0933. The second-order valence-corrected chi connectivity index (χ2v) is 5.63. The molecule has 1 aliphatic rings. The van der Waals surface area contributed by atoms with Crippen molar-refractivity contribution in [3.8, 4) is 0 Å². The summed E-state index contributed by atoms with van der Waals surface area (Å²) in [4.78, 5) is 12.3. The van der Waals surface area contributed by atoms with Gasteiger partial charge in [-0.15, -0.1) is 0 Å². The quantitative estimate of drug-likeness (QED) is 0.802. The molecule has 1 aromatic carbocycles. The number of aromatic nitrogens is 2. The third kappa shape index (κ3) is 3.01. The second kappa shape index (κ2) is 6.27. The Morgan fingerprint density at radius 2 is 2.27 bits per heavy atom. The summed E-state index contributed by atoms with van der Waals surface area (Å²) in [5.74, 6) is -0.463. The predicted octanol–water partition coefficient (Wildman–Crippen LogP) is 1.56. The van der Waals surface area contributed by atoms with Crippen LogP contribution in [0.4, 0.5) is 4.39 Å². The molecular weight excluding hydrogens is 283 g/mol. The fraction of sp³-hybridized carbons (Fsp3) is 0.375. The van der Waals surface area contributed by atoms with Gasteiger partial charge in [0.25, 0.3) is 5.91 Å². The van der Waals surface area contributed by atoms with Gasteiger partial charge >= 0.3 is 0 Å². The molecule has 0 aliphatic carbocycles. The van der Waals surface area contributed by atoms with Crippen LogP contribution in [0.15, 0.2) is 24.3 Å². The van der Waals surface area contributed by atoms with E-state index in [1.54, 1.807) is 18.2 Å². The lowest BCUT2D eigenvalue weighted by Gasteiger charge is -2.16. The molecule has 0 saturated heterocycles. The molecule has 0 bridgehead atoms. The van der Waals surface area contributed by atoms with Gasteiger partial charge < -0.3 is 10.6 Å². The Labute approximate surface area is 128 Å². The number of rotatable bonds is 4. The minimum absolute atomic E-state index is 0.173. The maximum absolute atomic E-state index is 13.6. The summed E-state index contributed by atoms with van der Waals surface area (Å²) >= 11 is 0. The van der Waals surface area contributed by atoms with Crippen LogP contribution < -0.4 is 10.6 Å². The van der Waals surface area contributed by atoms with Crippen molar-refractivity contribution >= 4 is 5.91 Å². The van der Waals surface area contributed by atoms with Gasteiger partial charge in [0.2, 0.25) is 0 Å². The van der Waals surface area contributed by atoms with Crippen LogP contribution in [0.5, 0.6) is 0 Å². The van der Waals surface area contributed by atoms with Gasteiger partial charge in [0.15, 0.2) is 5.69 Å². The van der Waals surface area contributed by atoms with Crippen molar-refractivity contribution in [2.45, 2.75) is 32.4 Å². The van der Waals surface area contributed by atoms with E-state index < -0.39 is 0 Å². The van der Waals surface area contributed by atoms with Crippen molar-refractivity contribution in [3.63, 3.8) is 0 Å². The van der Waals surface area contributed by atoms with Gasteiger partial charge in [-0.3, -0.25) is 9.89 Å². The van der Waals surface area contributed by atoms with Crippen LogP contribution in [-0.2, 0) is 19.4 Å². The first-order chi connectivity index (χ1) is 10.6. The van der Waals surface area contributed by atoms with Crippen molar-refractivity contribution in [1.82, 2.24) is 20.8 Å². The van der Waals surface area contributed by atoms with E-state index in [1.807, 2.05) is 6.92 Å². The molecule has 0 saturated carbocycles. The van der Waals surface area contributed by atoms with E-state index in [9.17, 15) is 9.18 Å². The van der Waals surface area contributed by atoms with E-state index >= 15 is 0 Å². The van der Waals surface area contributed by atoms with Gasteiger partial charge in [0.05, 0.1) is 0 Å². The Morgan fingerprint density at radius 1 is 1.45 bits per heavy atom. The molecule has 5 nitrogen and oxygen atoms in total. The molecule has 22 heavy (non-hydrogen) atoms. The molecule has 1 amide bonds. The highest BCUT2D eigenvalue weighted by molar-refractivity contribution is 5.94. The Balaban J connectivity index is 1.66. The van der Waals surface area contributed by atoms with Crippen molar-refractivity contribution in [3.05, 3.63) is 52.6 Å². The first-order valence-corrected chi connectivity index (χ1v) is 7.46. The molecule has 0 radical (unpaired) electrons. The fourth-order valence-corrected chi connectivity index (χ4v) is 2.75. The maximum Gasteiger partial charge on any atom is 0.272 e. The van der Waals surface area contributed by atoms with Gasteiger partial charge in [-0.05, 0) is 25.0 Å². The summed E-state index contributed by atoms with van der Waals surface area (Å²) in [6, 6.07) is 6.44. The van der Waals surface area contributed by atoms with Crippen LogP contribution in [0.1, 0.15) is 34.2 Å². The number of aromatic amines is 1. The highest BCUT2D eigenvalue weighted by Crippen LogP contribution is 2.15. The molecule has 1 unspecified atom stereocenters. The Hall–Kier alpha value is -2.21. The summed E-state index contributed by atoms with van der Waals surface area (Å²) in [6.45, 7) is 3.40.